The van der Waals surface area contributed by atoms with Crippen LogP contribution in [0.4, 0.5) is 5.69 Å². The summed E-state index contributed by atoms with van der Waals surface area (Å²) in [4.78, 5) is 31.9. The summed E-state index contributed by atoms with van der Waals surface area (Å²) in [6, 6.07) is 14.2. The van der Waals surface area contributed by atoms with Crippen molar-refractivity contribution in [2.75, 3.05) is 12.4 Å². The van der Waals surface area contributed by atoms with Crippen LogP contribution in [0.15, 0.2) is 60.9 Å². The van der Waals surface area contributed by atoms with Gasteiger partial charge in [-0.2, -0.15) is 0 Å². The summed E-state index contributed by atoms with van der Waals surface area (Å²) in [5.74, 6) is -0.657. The first-order chi connectivity index (χ1) is 13.6. The highest BCUT2D eigenvalue weighted by molar-refractivity contribution is 6.30. The monoisotopic (exact) mass is 397 g/mol. The smallest absolute Gasteiger partial charge is 0.359 e. The summed E-state index contributed by atoms with van der Waals surface area (Å²) >= 11 is 5.86. The van der Waals surface area contributed by atoms with Crippen molar-refractivity contribution in [2.45, 2.75) is 6.61 Å². The number of esters is 1. The van der Waals surface area contributed by atoms with Crippen LogP contribution in [0.5, 0.6) is 5.75 Å². The number of carbonyl (C=O) groups is 2. The highest BCUT2D eigenvalue weighted by Gasteiger charge is 2.20. The third kappa shape index (κ3) is 4.83. The lowest BCUT2D eigenvalue weighted by Gasteiger charge is -2.09. The molecule has 7 nitrogen and oxygen atoms in total. The molecule has 0 saturated heterocycles. The normalized spacial score (nSPS) is 10.2. The Hall–Kier alpha value is -3.45. The number of nitrogens with one attached hydrogen (secondary N) is 1. The number of rotatable bonds is 6. The van der Waals surface area contributed by atoms with Crippen LogP contribution < -0.4 is 10.1 Å². The van der Waals surface area contributed by atoms with Gasteiger partial charge in [0.25, 0.3) is 5.91 Å². The average molecular weight is 398 g/mol. The molecule has 0 aliphatic carbocycles. The summed E-state index contributed by atoms with van der Waals surface area (Å²) < 4.78 is 10.3. The summed E-state index contributed by atoms with van der Waals surface area (Å²) in [6.45, 7) is 0.394. The number of methoxy groups -OCH3 is 1. The van der Waals surface area contributed by atoms with E-state index in [1.54, 1.807) is 36.4 Å². The van der Waals surface area contributed by atoms with Crippen molar-refractivity contribution in [3.05, 3.63) is 82.9 Å². The maximum absolute atomic E-state index is 12.4. The number of hydrogen-bond donors (Lipinski definition) is 1. The van der Waals surface area contributed by atoms with Gasteiger partial charge in [-0.05, 0) is 42.0 Å². The first kappa shape index (κ1) is 19.3. The number of anilines is 1. The number of carbonyl (C=O) groups excluding carboxylic acids is 2. The van der Waals surface area contributed by atoms with Gasteiger partial charge >= 0.3 is 5.97 Å². The lowest BCUT2D eigenvalue weighted by atomic mass is 10.2. The van der Waals surface area contributed by atoms with Crippen LogP contribution >= 0.6 is 11.6 Å². The van der Waals surface area contributed by atoms with Crippen molar-refractivity contribution in [1.29, 1.82) is 0 Å². The van der Waals surface area contributed by atoms with Crippen LogP contribution in [0.1, 0.15) is 26.5 Å². The molecule has 1 amide bonds. The number of amides is 1. The van der Waals surface area contributed by atoms with Crippen LogP contribution in [0.2, 0.25) is 5.02 Å². The number of ether oxygens (including phenoxy) is 2. The minimum Gasteiger partial charge on any atom is -0.489 e. The Balaban J connectivity index is 1.63. The SMILES string of the molecule is COC(=O)c1nccnc1C(=O)Nc1ccc(OCc2ccc(Cl)cc2)cc1. The Morgan fingerprint density at radius 3 is 2.25 bits per heavy atom. The van der Waals surface area contributed by atoms with Gasteiger partial charge in [0.15, 0.2) is 11.4 Å². The highest BCUT2D eigenvalue weighted by Crippen LogP contribution is 2.18. The summed E-state index contributed by atoms with van der Waals surface area (Å²) in [7, 11) is 1.21. The Morgan fingerprint density at radius 2 is 1.61 bits per heavy atom. The van der Waals surface area contributed by atoms with Crippen molar-refractivity contribution in [3.63, 3.8) is 0 Å². The zero-order chi connectivity index (χ0) is 19.9. The fraction of sp³-hybridized carbons (Fsp3) is 0.100. The van der Waals surface area contributed by atoms with E-state index in [2.05, 4.69) is 20.0 Å². The van der Waals surface area contributed by atoms with Gasteiger partial charge in [-0.15, -0.1) is 0 Å². The third-order valence-electron chi connectivity index (χ3n) is 3.72. The van der Waals surface area contributed by atoms with Gasteiger partial charge in [0.05, 0.1) is 7.11 Å². The number of halogens is 1. The lowest BCUT2D eigenvalue weighted by molar-refractivity contribution is 0.0589. The van der Waals surface area contributed by atoms with E-state index in [0.717, 1.165) is 5.56 Å². The summed E-state index contributed by atoms with van der Waals surface area (Å²) in [5, 5.41) is 3.33. The molecule has 0 fully saturated rings. The molecule has 1 N–H and O–H groups in total. The standard InChI is InChI=1S/C20H16ClN3O4/c1-27-20(26)18-17(22-10-11-23-18)19(25)24-15-6-8-16(9-7-15)28-12-13-2-4-14(21)5-3-13/h2-11H,12H2,1H3,(H,24,25). The van der Waals surface area contributed by atoms with Gasteiger partial charge in [0.2, 0.25) is 0 Å². The molecule has 0 atom stereocenters. The minimum atomic E-state index is -0.732. The largest absolute Gasteiger partial charge is 0.489 e. The lowest BCUT2D eigenvalue weighted by Crippen LogP contribution is -2.20. The van der Waals surface area contributed by atoms with Crippen molar-refractivity contribution in [3.8, 4) is 5.75 Å². The third-order valence-corrected chi connectivity index (χ3v) is 3.97. The van der Waals surface area contributed by atoms with E-state index < -0.39 is 11.9 Å². The van der Waals surface area contributed by atoms with Gasteiger partial charge in [0.1, 0.15) is 12.4 Å². The van der Waals surface area contributed by atoms with E-state index in [9.17, 15) is 9.59 Å². The molecule has 0 aliphatic rings. The fourth-order valence-electron chi connectivity index (χ4n) is 2.32. The van der Waals surface area contributed by atoms with Crippen molar-refractivity contribution in [1.82, 2.24) is 9.97 Å². The molecule has 0 radical (unpaired) electrons. The van der Waals surface area contributed by atoms with Gasteiger partial charge < -0.3 is 14.8 Å². The van der Waals surface area contributed by atoms with Crippen molar-refractivity contribution < 1.29 is 19.1 Å². The average Bonchev–Trinajstić information content (AvgIpc) is 2.73. The van der Waals surface area contributed by atoms with Crippen LogP contribution in [0.25, 0.3) is 0 Å². The predicted molar refractivity (Wildman–Crippen MR) is 104 cm³/mol. The van der Waals surface area contributed by atoms with Crippen LogP contribution in [-0.4, -0.2) is 29.0 Å². The minimum absolute atomic E-state index is 0.114. The maximum Gasteiger partial charge on any atom is 0.359 e. The molecule has 0 saturated carbocycles. The topological polar surface area (TPSA) is 90.4 Å². The molecule has 0 unspecified atom stereocenters. The van der Waals surface area contributed by atoms with Gasteiger partial charge in [-0.3, -0.25) is 4.79 Å². The van der Waals surface area contributed by atoms with Gasteiger partial charge in [-0.1, -0.05) is 23.7 Å². The first-order valence-corrected chi connectivity index (χ1v) is 8.62. The Bertz CT molecular complexity index is 976. The Kier molecular flexibility index (Phi) is 6.18. The summed E-state index contributed by atoms with van der Waals surface area (Å²) in [5.41, 5.74) is 1.24. The first-order valence-electron chi connectivity index (χ1n) is 8.25. The zero-order valence-electron chi connectivity index (χ0n) is 14.9. The summed E-state index contributed by atoms with van der Waals surface area (Å²) in [6.07, 6.45) is 2.64. The molecular weight excluding hydrogens is 382 g/mol. The van der Waals surface area contributed by atoms with Crippen molar-refractivity contribution in [2.24, 2.45) is 0 Å². The second kappa shape index (κ2) is 8.96. The molecule has 1 heterocycles. The van der Waals surface area contributed by atoms with Crippen LogP contribution in [0, 0.1) is 0 Å². The molecule has 3 aromatic rings. The Labute approximate surface area is 166 Å². The molecule has 0 aliphatic heterocycles. The number of benzene rings is 2. The van der Waals surface area contributed by atoms with E-state index >= 15 is 0 Å². The predicted octanol–water partition coefficient (Wildman–Crippen LogP) is 3.75. The van der Waals surface area contributed by atoms with Gasteiger partial charge in [-0.25, -0.2) is 14.8 Å². The molecule has 3 rings (SSSR count). The zero-order valence-corrected chi connectivity index (χ0v) is 15.6. The number of aromatic nitrogens is 2. The van der Waals surface area contributed by atoms with E-state index in [-0.39, 0.29) is 11.4 Å². The highest BCUT2D eigenvalue weighted by atomic mass is 35.5. The second-order valence-corrected chi connectivity index (χ2v) is 6.08. The van der Waals surface area contributed by atoms with Crippen LogP contribution in [0.3, 0.4) is 0 Å². The molecule has 8 heteroatoms. The van der Waals surface area contributed by atoms with Gasteiger partial charge in [0, 0.05) is 23.1 Å². The quantitative estimate of drug-likeness (QED) is 0.637. The number of hydrogen-bond acceptors (Lipinski definition) is 6. The second-order valence-electron chi connectivity index (χ2n) is 5.64. The molecule has 1 aromatic heterocycles. The maximum atomic E-state index is 12.4. The molecule has 28 heavy (non-hydrogen) atoms. The molecule has 142 valence electrons. The van der Waals surface area contributed by atoms with E-state index in [4.69, 9.17) is 16.3 Å². The van der Waals surface area contributed by atoms with Crippen LogP contribution in [-0.2, 0) is 11.3 Å². The van der Waals surface area contributed by atoms with E-state index in [0.29, 0.717) is 23.1 Å². The fourth-order valence-corrected chi connectivity index (χ4v) is 2.45. The van der Waals surface area contributed by atoms with Crippen molar-refractivity contribution >= 4 is 29.2 Å². The Morgan fingerprint density at radius 1 is 0.964 bits per heavy atom. The molecule has 0 spiro atoms. The number of nitrogens with zero attached hydrogens (tertiary/aromatic N) is 2. The van der Waals surface area contributed by atoms with E-state index in [1.807, 2.05) is 12.1 Å². The molecule has 0 bridgehead atoms. The molecule has 2 aromatic carbocycles. The van der Waals surface area contributed by atoms with E-state index in [1.165, 1.54) is 19.5 Å². The molecular formula is C20H16ClN3O4.